The van der Waals surface area contributed by atoms with Gasteiger partial charge in [0.2, 0.25) is 5.91 Å². The number of nitrogens with two attached hydrogens (primary N) is 1. The fraction of sp³-hybridized carbons (Fsp3) is 0.538. The van der Waals surface area contributed by atoms with E-state index in [2.05, 4.69) is 9.88 Å². The maximum Gasteiger partial charge on any atom is 0.223 e. The molecule has 0 saturated carbocycles. The summed E-state index contributed by atoms with van der Waals surface area (Å²) >= 11 is 0. The van der Waals surface area contributed by atoms with Crippen molar-refractivity contribution in [2.45, 2.75) is 25.4 Å². The summed E-state index contributed by atoms with van der Waals surface area (Å²) in [5.74, 6) is 0.317. The van der Waals surface area contributed by atoms with E-state index in [0.717, 1.165) is 31.7 Å². The van der Waals surface area contributed by atoms with Crippen molar-refractivity contribution in [3.8, 4) is 0 Å². The molecular weight excluding hydrogens is 228 g/mol. The van der Waals surface area contributed by atoms with Crippen molar-refractivity contribution in [2.24, 2.45) is 5.73 Å². The number of carbonyl (C=O) groups is 1. The molecule has 1 aromatic heterocycles. The Morgan fingerprint density at radius 1 is 1.44 bits per heavy atom. The molecule has 96 valence electrons. The second kappa shape index (κ2) is 4.57. The summed E-state index contributed by atoms with van der Waals surface area (Å²) in [7, 11) is 0. The van der Waals surface area contributed by atoms with Gasteiger partial charge in [-0.05, 0) is 18.6 Å². The summed E-state index contributed by atoms with van der Waals surface area (Å²) in [6, 6.07) is 4.46. The van der Waals surface area contributed by atoms with Crippen molar-refractivity contribution in [1.82, 2.24) is 9.88 Å². The lowest BCUT2D eigenvalue weighted by Gasteiger charge is -2.38. The van der Waals surface area contributed by atoms with Gasteiger partial charge in [0.15, 0.2) is 0 Å². The maximum atomic E-state index is 11.6. The molecule has 0 spiro atoms. The first-order valence-corrected chi connectivity index (χ1v) is 6.47. The number of piperazine rings is 1. The zero-order valence-corrected chi connectivity index (χ0v) is 10.4. The van der Waals surface area contributed by atoms with Gasteiger partial charge in [-0.3, -0.25) is 9.78 Å². The number of hydrogen-bond donors (Lipinski definition) is 1. The zero-order chi connectivity index (χ0) is 12.5. The van der Waals surface area contributed by atoms with E-state index in [1.807, 2.05) is 23.2 Å². The van der Waals surface area contributed by atoms with Gasteiger partial charge in [0.1, 0.15) is 0 Å². The standard InChI is InChI=1S/C13H18N4O/c14-8-10-7-11(3-4-15-10)16-5-6-17-12(9-16)1-2-13(17)18/h3-4,7,12H,1-2,5-6,8-9,14H2. The molecule has 2 aliphatic heterocycles. The number of nitrogens with zero attached hydrogens (tertiary/aromatic N) is 3. The number of fused-ring (bicyclic) bond motifs is 1. The Morgan fingerprint density at radius 2 is 2.33 bits per heavy atom. The lowest BCUT2D eigenvalue weighted by Crippen LogP contribution is -2.51. The average Bonchev–Trinajstić information content (AvgIpc) is 2.80. The lowest BCUT2D eigenvalue weighted by atomic mass is 10.1. The highest BCUT2D eigenvalue weighted by Crippen LogP contribution is 2.26. The zero-order valence-electron chi connectivity index (χ0n) is 10.4. The monoisotopic (exact) mass is 246 g/mol. The average molecular weight is 246 g/mol. The van der Waals surface area contributed by atoms with Gasteiger partial charge in [-0.25, -0.2) is 0 Å². The second-order valence-electron chi connectivity index (χ2n) is 4.94. The van der Waals surface area contributed by atoms with Crippen LogP contribution in [-0.2, 0) is 11.3 Å². The Bertz CT molecular complexity index is 462. The molecule has 3 heterocycles. The molecule has 1 atom stereocenters. The van der Waals surface area contributed by atoms with E-state index >= 15 is 0 Å². The molecular formula is C13H18N4O. The van der Waals surface area contributed by atoms with E-state index in [0.29, 0.717) is 24.9 Å². The van der Waals surface area contributed by atoms with E-state index in [-0.39, 0.29) is 0 Å². The molecule has 5 heteroatoms. The van der Waals surface area contributed by atoms with Crippen molar-refractivity contribution in [2.75, 3.05) is 24.5 Å². The van der Waals surface area contributed by atoms with E-state index in [1.54, 1.807) is 0 Å². The number of aromatic nitrogens is 1. The number of carbonyl (C=O) groups excluding carboxylic acids is 1. The van der Waals surface area contributed by atoms with Gasteiger partial charge < -0.3 is 15.5 Å². The second-order valence-corrected chi connectivity index (χ2v) is 4.94. The molecule has 0 aromatic carbocycles. The molecule has 1 unspecified atom stereocenters. The van der Waals surface area contributed by atoms with Gasteiger partial charge >= 0.3 is 0 Å². The summed E-state index contributed by atoms with van der Waals surface area (Å²) in [5, 5.41) is 0. The summed E-state index contributed by atoms with van der Waals surface area (Å²) in [6.45, 7) is 3.13. The van der Waals surface area contributed by atoms with Crippen LogP contribution in [0.1, 0.15) is 18.5 Å². The van der Waals surface area contributed by atoms with Crippen LogP contribution in [0, 0.1) is 0 Å². The Balaban J connectivity index is 1.76. The van der Waals surface area contributed by atoms with Crippen molar-refractivity contribution >= 4 is 11.6 Å². The van der Waals surface area contributed by atoms with Crippen LogP contribution >= 0.6 is 0 Å². The highest BCUT2D eigenvalue weighted by Gasteiger charge is 2.35. The van der Waals surface area contributed by atoms with E-state index in [1.165, 1.54) is 5.69 Å². The molecule has 3 rings (SSSR count). The van der Waals surface area contributed by atoms with E-state index < -0.39 is 0 Å². The normalized spacial score (nSPS) is 23.4. The van der Waals surface area contributed by atoms with Crippen LogP contribution in [0.3, 0.4) is 0 Å². The highest BCUT2D eigenvalue weighted by molar-refractivity contribution is 5.79. The largest absolute Gasteiger partial charge is 0.368 e. The number of anilines is 1. The fourth-order valence-electron chi connectivity index (χ4n) is 2.87. The first-order valence-electron chi connectivity index (χ1n) is 6.47. The Hall–Kier alpha value is -1.62. The molecule has 0 radical (unpaired) electrons. The van der Waals surface area contributed by atoms with Crippen LogP contribution in [0.5, 0.6) is 0 Å². The third kappa shape index (κ3) is 1.95. The first-order chi connectivity index (χ1) is 8.78. The quantitative estimate of drug-likeness (QED) is 0.818. The van der Waals surface area contributed by atoms with Crippen LogP contribution in [0.2, 0.25) is 0 Å². The van der Waals surface area contributed by atoms with Crippen LogP contribution < -0.4 is 10.6 Å². The summed E-state index contributed by atoms with van der Waals surface area (Å²) in [6.07, 6.45) is 3.51. The highest BCUT2D eigenvalue weighted by atomic mass is 16.2. The predicted molar refractivity (Wildman–Crippen MR) is 69.1 cm³/mol. The van der Waals surface area contributed by atoms with E-state index in [4.69, 9.17) is 5.73 Å². The Morgan fingerprint density at radius 3 is 3.17 bits per heavy atom. The van der Waals surface area contributed by atoms with Crippen molar-refractivity contribution < 1.29 is 4.79 Å². The first kappa shape index (κ1) is 11.5. The number of rotatable bonds is 2. The summed E-state index contributed by atoms with van der Waals surface area (Å²) in [4.78, 5) is 20.2. The summed E-state index contributed by atoms with van der Waals surface area (Å²) in [5.41, 5.74) is 7.70. The minimum absolute atomic E-state index is 0.317. The van der Waals surface area contributed by atoms with Crippen molar-refractivity contribution in [1.29, 1.82) is 0 Å². The van der Waals surface area contributed by atoms with Crippen molar-refractivity contribution in [3.05, 3.63) is 24.0 Å². The minimum atomic E-state index is 0.317. The molecule has 1 amide bonds. The number of hydrogen-bond acceptors (Lipinski definition) is 4. The fourth-order valence-corrected chi connectivity index (χ4v) is 2.87. The lowest BCUT2D eigenvalue weighted by molar-refractivity contribution is -0.129. The Labute approximate surface area is 107 Å². The third-order valence-electron chi connectivity index (χ3n) is 3.87. The smallest absolute Gasteiger partial charge is 0.223 e. The van der Waals surface area contributed by atoms with Gasteiger partial charge in [-0.15, -0.1) is 0 Å². The molecule has 0 bridgehead atoms. The van der Waals surface area contributed by atoms with Gasteiger partial charge in [0.05, 0.1) is 5.69 Å². The summed E-state index contributed by atoms with van der Waals surface area (Å²) < 4.78 is 0. The minimum Gasteiger partial charge on any atom is -0.368 e. The van der Waals surface area contributed by atoms with Crippen LogP contribution in [0.25, 0.3) is 0 Å². The molecule has 2 saturated heterocycles. The molecule has 5 nitrogen and oxygen atoms in total. The van der Waals surface area contributed by atoms with E-state index in [9.17, 15) is 4.79 Å². The van der Waals surface area contributed by atoms with Gasteiger partial charge in [-0.1, -0.05) is 0 Å². The van der Waals surface area contributed by atoms with Crippen LogP contribution in [0.4, 0.5) is 5.69 Å². The van der Waals surface area contributed by atoms with Crippen LogP contribution in [0.15, 0.2) is 18.3 Å². The van der Waals surface area contributed by atoms with Gasteiger partial charge in [0, 0.05) is 50.5 Å². The molecule has 2 fully saturated rings. The van der Waals surface area contributed by atoms with Crippen molar-refractivity contribution in [3.63, 3.8) is 0 Å². The SMILES string of the molecule is NCc1cc(N2CCN3C(=O)CCC3C2)ccn1. The molecule has 1 aromatic rings. The van der Waals surface area contributed by atoms with Gasteiger partial charge in [-0.2, -0.15) is 0 Å². The molecule has 18 heavy (non-hydrogen) atoms. The topological polar surface area (TPSA) is 62.5 Å². The Kier molecular flexibility index (Phi) is 2.91. The molecule has 2 aliphatic rings. The number of amides is 1. The molecule has 0 aliphatic carbocycles. The molecule has 2 N–H and O–H groups in total. The van der Waals surface area contributed by atoms with Crippen LogP contribution in [-0.4, -0.2) is 41.5 Å². The van der Waals surface area contributed by atoms with Gasteiger partial charge in [0.25, 0.3) is 0 Å². The predicted octanol–water partition coefficient (Wildman–Crippen LogP) is 0.351. The maximum absolute atomic E-state index is 11.6. The third-order valence-corrected chi connectivity index (χ3v) is 3.87. The number of pyridine rings is 1.